The molecule has 24 heavy (non-hydrogen) atoms. The Labute approximate surface area is 153 Å². The summed E-state index contributed by atoms with van der Waals surface area (Å²) in [5.41, 5.74) is 7.20. The van der Waals surface area contributed by atoms with E-state index in [1.54, 1.807) is 0 Å². The predicted octanol–water partition coefficient (Wildman–Crippen LogP) is 2.27. The number of aromatic nitrogens is 1. The molecule has 0 spiro atoms. The van der Waals surface area contributed by atoms with E-state index < -0.39 is 0 Å². The van der Waals surface area contributed by atoms with Gasteiger partial charge in [0.1, 0.15) is 5.69 Å². The Morgan fingerprint density at radius 2 is 1.92 bits per heavy atom. The molecule has 1 heterocycles. The van der Waals surface area contributed by atoms with E-state index >= 15 is 0 Å². The van der Waals surface area contributed by atoms with Gasteiger partial charge in [-0.1, -0.05) is 30.3 Å². The molecule has 0 aliphatic heterocycles. The monoisotopic (exact) mass is 368 g/mol. The smallest absolute Gasteiger partial charge is 0.273 e. The number of hydrogen-bond acceptors (Lipinski definition) is 5. The fourth-order valence-corrected chi connectivity index (χ4v) is 2.97. The number of rotatable bonds is 8. The van der Waals surface area contributed by atoms with Gasteiger partial charge < -0.3 is 15.5 Å². The van der Waals surface area contributed by atoms with E-state index in [-0.39, 0.29) is 18.3 Å². The topological polar surface area (TPSA) is 62.5 Å². The number of nitrogens with zero attached hydrogens (tertiary/aromatic N) is 3. The standard InChI is InChI=1S/C17H24N4OS.ClH/c1-20(2)10-11-21(12-14-6-4-3-5-7-14)17(22)15-13-23-16(19-15)8-9-18;/h3-7,13H,8-12,18H2,1-2H3;1H. The second-order valence-electron chi connectivity index (χ2n) is 5.68. The van der Waals surface area contributed by atoms with E-state index in [9.17, 15) is 4.79 Å². The van der Waals surface area contributed by atoms with Gasteiger partial charge in [-0.25, -0.2) is 4.98 Å². The van der Waals surface area contributed by atoms with E-state index in [2.05, 4.69) is 9.88 Å². The Balaban J connectivity index is 0.00000288. The minimum Gasteiger partial charge on any atom is -0.332 e. The predicted molar refractivity (Wildman–Crippen MR) is 102 cm³/mol. The molecule has 0 fully saturated rings. The molecular weight excluding hydrogens is 344 g/mol. The second-order valence-corrected chi connectivity index (χ2v) is 6.62. The average molecular weight is 369 g/mol. The highest BCUT2D eigenvalue weighted by Gasteiger charge is 2.19. The van der Waals surface area contributed by atoms with Gasteiger partial charge in [0, 0.05) is 31.4 Å². The molecule has 5 nitrogen and oxygen atoms in total. The van der Waals surface area contributed by atoms with Crippen molar-refractivity contribution in [3.63, 3.8) is 0 Å². The Morgan fingerprint density at radius 1 is 1.21 bits per heavy atom. The Morgan fingerprint density at radius 3 is 2.54 bits per heavy atom. The summed E-state index contributed by atoms with van der Waals surface area (Å²) in [6.07, 6.45) is 0.717. The Kier molecular flexibility index (Phi) is 8.92. The fraction of sp³-hybridized carbons (Fsp3) is 0.412. The number of carbonyl (C=O) groups excluding carboxylic acids is 1. The van der Waals surface area contributed by atoms with E-state index in [1.165, 1.54) is 11.3 Å². The zero-order valence-corrected chi connectivity index (χ0v) is 15.8. The van der Waals surface area contributed by atoms with Gasteiger partial charge in [-0.2, -0.15) is 0 Å². The van der Waals surface area contributed by atoms with Crippen LogP contribution in [0.1, 0.15) is 21.1 Å². The van der Waals surface area contributed by atoms with Gasteiger partial charge in [0.05, 0.1) is 5.01 Å². The fourth-order valence-electron chi connectivity index (χ4n) is 2.19. The summed E-state index contributed by atoms with van der Waals surface area (Å²) in [6.45, 7) is 2.63. The van der Waals surface area contributed by atoms with Crippen LogP contribution in [0.25, 0.3) is 0 Å². The average Bonchev–Trinajstić information content (AvgIpc) is 3.00. The van der Waals surface area contributed by atoms with Crippen LogP contribution < -0.4 is 5.73 Å². The van der Waals surface area contributed by atoms with Crippen LogP contribution in [0, 0.1) is 0 Å². The molecule has 0 bridgehead atoms. The van der Waals surface area contributed by atoms with Gasteiger partial charge in [0.2, 0.25) is 0 Å². The lowest BCUT2D eigenvalue weighted by Crippen LogP contribution is -2.36. The molecule has 1 amide bonds. The SMILES string of the molecule is CN(C)CCN(Cc1ccccc1)C(=O)c1csc(CCN)n1.Cl. The van der Waals surface area contributed by atoms with E-state index in [0.717, 1.165) is 17.1 Å². The van der Waals surface area contributed by atoms with Gasteiger partial charge >= 0.3 is 0 Å². The maximum atomic E-state index is 12.8. The lowest BCUT2D eigenvalue weighted by molar-refractivity contribution is 0.0726. The van der Waals surface area contributed by atoms with Crippen molar-refractivity contribution in [1.29, 1.82) is 0 Å². The zero-order valence-electron chi connectivity index (χ0n) is 14.1. The van der Waals surface area contributed by atoms with Crippen molar-refractivity contribution in [3.8, 4) is 0 Å². The molecular formula is C17H25ClN4OS. The normalized spacial score (nSPS) is 10.5. The van der Waals surface area contributed by atoms with Crippen molar-refractivity contribution in [2.24, 2.45) is 5.73 Å². The lowest BCUT2D eigenvalue weighted by Gasteiger charge is -2.24. The Hall–Kier alpha value is -1.47. The molecule has 2 rings (SSSR count). The van der Waals surface area contributed by atoms with Crippen molar-refractivity contribution in [1.82, 2.24) is 14.8 Å². The number of benzene rings is 1. The van der Waals surface area contributed by atoms with Crippen molar-refractivity contribution in [3.05, 3.63) is 52.0 Å². The van der Waals surface area contributed by atoms with Crippen LogP contribution in [0.3, 0.4) is 0 Å². The minimum absolute atomic E-state index is 0. The van der Waals surface area contributed by atoms with Crippen molar-refractivity contribution in [2.45, 2.75) is 13.0 Å². The minimum atomic E-state index is -0.0183. The second kappa shape index (κ2) is 10.4. The number of nitrogens with two attached hydrogens (primary N) is 1. The third kappa shape index (κ3) is 6.20. The summed E-state index contributed by atoms with van der Waals surface area (Å²) < 4.78 is 0. The number of amides is 1. The highest BCUT2D eigenvalue weighted by molar-refractivity contribution is 7.09. The van der Waals surface area contributed by atoms with Crippen molar-refractivity contribution >= 4 is 29.7 Å². The molecule has 0 saturated heterocycles. The number of carbonyl (C=O) groups is 1. The quantitative estimate of drug-likeness (QED) is 0.776. The molecule has 7 heteroatoms. The molecule has 2 aromatic rings. The summed E-state index contributed by atoms with van der Waals surface area (Å²) in [6, 6.07) is 10.0. The highest BCUT2D eigenvalue weighted by Crippen LogP contribution is 2.14. The van der Waals surface area contributed by atoms with Crippen LogP contribution in [0.4, 0.5) is 0 Å². The van der Waals surface area contributed by atoms with Crippen LogP contribution >= 0.6 is 23.7 Å². The molecule has 0 aliphatic rings. The first-order chi connectivity index (χ1) is 11.1. The molecule has 0 unspecified atom stereocenters. The molecule has 0 atom stereocenters. The third-order valence-electron chi connectivity index (χ3n) is 3.45. The molecule has 0 aliphatic carbocycles. The van der Waals surface area contributed by atoms with E-state index in [0.29, 0.717) is 31.7 Å². The van der Waals surface area contributed by atoms with E-state index in [1.807, 2.05) is 54.7 Å². The maximum absolute atomic E-state index is 12.8. The third-order valence-corrected chi connectivity index (χ3v) is 4.36. The summed E-state index contributed by atoms with van der Waals surface area (Å²) in [7, 11) is 4.01. The highest BCUT2D eigenvalue weighted by atomic mass is 35.5. The summed E-state index contributed by atoms with van der Waals surface area (Å²) in [5.74, 6) is -0.0183. The zero-order chi connectivity index (χ0) is 16.7. The summed E-state index contributed by atoms with van der Waals surface area (Å²) in [5, 5.41) is 2.75. The largest absolute Gasteiger partial charge is 0.332 e. The molecule has 2 N–H and O–H groups in total. The molecule has 132 valence electrons. The summed E-state index contributed by atoms with van der Waals surface area (Å²) >= 11 is 1.50. The molecule has 1 aromatic carbocycles. The van der Waals surface area contributed by atoms with Crippen molar-refractivity contribution in [2.75, 3.05) is 33.7 Å². The first-order valence-corrected chi connectivity index (χ1v) is 8.60. The van der Waals surface area contributed by atoms with Gasteiger partial charge in [-0.05, 0) is 26.2 Å². The van der Waals surface area contributed by atoms with Gasteiger partial charge in [0.25, 0.3) is 5.91 Å². The molecule has 0 radical (unpaired) electrons. The lowest BCUT2D eigenvalue weighted by atomic mass is 10.2. The van der Waals surface area contributed by atoms with Crippen LogP contribution in [0.15, 0.2) is 35.7 Å². The van der Waals surface area contributed by atoms with Gasteiger partial charge in [-0.15, -0.1) is 23.7 Å². The first kappa shape index (κ1) is 20.6. The molecule has 1 aromatic heterocycles. The van der Waals surface area contributed by atoms with Crippen LogP contribution in [-0.4, -0.2) is 54.4 Å². The molecule has 0 saturated carbocycles. The van der Waals surface area contributed by atoms with Crippen LogP contribution in [0.5, 0.6) is 0 Å². The van der Waals surface area contributed by atoms with Crippen LogP contribution in [-0.2, 0) is 13.0 Å². The number of thiazole rings is 1. The van der Waals surface area contributed by atoms with Crippen molar-refractivity contribution < 1.29 is 4.79 Å². The first-order valence-electron chi connectivity index (χ1n) is 7.72. The Bertz CT molecular complexity index is 618. The number of hydrogen-bond donors (Lipinski definition) is 1. The number of halogens is 1. The van der Waals surface area contributed by atoms with Gasteiger partial charge in [-0.3, -0.25) is 4.79 Å². The summed E-state index contributed by atoms with van der Waals surface area (Å²) in [4.78, 5) is 21.2. The van der Waals surface area contributed by atoms with Crippen LogP contribution in [0.2, 0.25) is 0 Å². The maximum Gasteiger partial charge on any atom is 0.273 e. The van der Waals surface area contributed by atoms with E-state index in [4.69, 9.17) is 5.73 Å². The van der Waals surface area contributed by atoms with Gasteiger partial charge in [0.15, 0.2) is 0 Å². The number of likely N-dealkylation sites (N-methyl/N-ethyl adjacent to an activating group) is 1.